The molecular weight excluding hydrogens is 312 g/mol. The molecule has 3 rings (SSSR count). The molecule has 6 nitrogen and oxygen atoms in total. The third-order valence-electron chi connectivity index (χ3n) is 3.58. The van der Waals surface area contributed by atoms with E-state index in [-0.39, 0.29) is 5.57 Å². The molecule has 0 aromatic carbocycles. The van der Waals surface area contributed by atoms with Crippen LogP contribution in [0.4, 0.5) is 11.0 Å². The fourth-order valence-electron chi connectivity index (χ4n) is 2.44. The molecule has 7 heteroatoms. The topological polar surface area (TPSA) is 82.2 Å². The van der Waals surface area contributed by atoms with E-state index in [1.165, 1.54) is 23.8 Å². The number of nitrogens with zero attached hydrogens (tertiary/aromatic N) is 3. The highest BCUT2D eigenvalue weighted by Crippen LogP contribution is 2.24. The van der Waals surface area contributed by atoms with E-state index in [0.29, 0.717) is 10.9 Å². The van der Waals surface area contributed by atoms with Crippen molar-refractivity contribution in [2.45, 2.75) is 19.3 Å². The van der Waals surface area contributed by atoms with E-state index in [2.05, 4.69) is 15.2 Å². The van der Waals surface area contributed by atoms with Gasteiger partial charge in [-0.2, -0.15) is 5.26 Å². The number of thiazole rings is 1. The molecule has 0 saturated carbocycles. The Bertz CT molecular complexity index is 736. The molecule has 1 saturated heterocycles. The number of anilines is 2. The molecule has 1 aliphatic rings. The molecule has 1 N–H and O–H groups in total. The molecule has 118 valence electrons. The van der Waals surface area contributed by atoms with Gasteiger partial charge in [0.1, 0.15) is 17.4 Å². The Hall–Kier alpha value is -2.59. The molecule has 1 amide bonds. The molecule has 2 aromatic rings. The summed E-state index contributed by atoms with van der Waals surface area (Å²) in [6, 6.07) is 5.56. The van der Waals surface area contributed by atoms with E-state index in [1.54, 1.807) is 17.6 Å². The van der Waals surface area contributed by atoms with Gasteiger partial charge in [-0.05, 0) is 25.3 Å². The van der Waals surface area contributed by atoms with Crippen molar-refractivity contribution in [3.63, 3.8) is 0 Å². The maximum atomic E-state index is 12.1. The number of hydrogen-bond acceptors (Lipinski definition) is 6. The first-order chi connectivity index (χ1) is 11.3. The Morgan fingerprint density at radius 2 is 2.22 bits per heavy atom. The highest BCUT2D eigenvalue weighted by atomic mass is 32.1. The summed E-state index contributed by atoms with van der Waals surface area (Å²) in [6.45, 7) is 1.96. The van der Waals surface area contributed by atoms with Gasteiger partial charge in [0.2, 0.25) is 0 Å². The number of aromatic nitrogens is 1. The van der Waals surface area contributed by atoms with Crippen LogP contribution in [0.25, 0.3) is 6.08 Å². The molecule has 1 aliphatic heterocycles. The second-order valence-corrected chi connectivity index (χ2v) is 6.08. The summed E-state index contributed by atoms with van der Waals surface area (Å²) in [7, 11) is 0. The first kappa shape index (κ1) is 15.3. The van der Waals surface area contributed by atoms with Crippen LogP contribution in [0.2, 0.25) is 0 Å². The summed E-state index contributed by atoms with van der Waals surface area (Å²) in [5, 5.41) is 14.0. The standard InChI is InChI=1S/C16H16N4O2S/c17-11-12(15(21)19-16-18-6-9-23-16)10-13-4-5-14(22-13)20-7-2-1-3-8-20/h4-6,9-10H,1-3,7-8H2,(H,18,19,21)/b12-10-. The zero-order chi connectivity index (χ0) is 16.1. The van der Waals surface area contributed by atoms with Gasteiger partial charge in [-0.1, -0.05) is 0 Å². The first-order valence-corrected chi connectivity index (χ1v) is 8.31. The Morgan fingerprint density at radius 1 is 1.39 bits per heavy atom. The predicted octanol–water partition coefficient (Wildman–Crippen LogP) is 3.27. The molecule has 0 radical (unpaired) electrons. The maximum Gasteiger partial charge on any atom is 0.268 e. The lowest BCUT2D eigenvalue weighted by atomic mass is 10.1. The van der Waals surface area contributed by atoms with Crippen molar-refractivity contribution in [1.82, 2.24) is 4.98 Å². The lowest BCUT2D eigenvalue weighted by molar-refractivity contribution is -0.112. The second-order valence-electron chi connectivity index (χ2n) is 5.18. The van der Waals surface area contributed by atoms with Crippen LogP contribution in [0, 0.1) is 11.3 Å². The molecule has 0 atom stereocenters. The monoisotopic (exact) mass is 328 g/mol. The highest BCUT2D eigenvalue weighted by molar-refractivity contribution is 7.13. The lowest BCUT2D eigenvalue weighted by Crippen LogP contribution is -2.28. The number of nitriles is 1. The Kier molecular flexibility index (Phi) is 4.74. The van der Waals surface area contributed by atoms with Gasteiger partial charge < -0.3 is 9.32 Å². The molecule has 0 aliphatic carbocycles. The third-order valence-corrected chi connectivity index (χ3v) is 4.27. The largest absolute Gasteiger partial charge is 0.441 e. The van der Waals surface area contributed by atoms with Crippen LogP contribution >= 0.6 is 11.3 Å². The van der Waals surface area contributed by atoms with Gasteiger partial charge in [0.15, 0.2) is 11.0 Å². The van der Waals surface area contributed by atoms with Crippen molar-refractivity contribution in [3.05, 3.63) is 35.0 Å². The Morgan fingerprint density at radius 3 is 2.91 bits per heavy atom. The van der Waals surface area contributed by atoms with Crippen LogP contribution < -0.4 is 10.2 Å². The van der Waals surface area contributed by atoms with Crippen LogP contribution in [0.3, 0.4) is 0 Å². The minimum atomic E-state index is -0.488. The number of rotatable bonds is 4. The Labute approximate surface area is 138 Å². The number of hydrogen-bond donors (Lipinski definition) is 1. The molecule has 0 unspecified atom stereocenters. The normalized spacial score (nSPS) is 15.3. The van der Waals surface area contributed by atoms with Crippen molar-refractivity contribution < 1.29 is 9.21 Å². The summed E-state index contributed by atoms with van der Waals surface area (Å²) in [6.07, 6.45) is 6.61. The van der Waals surface area contributed by atoms with E-state index in [9.17, 15) is 10.1 Å². The Balaban J connectivity index is 1.72. The number of carbonyl (C=O) groups excluding carboxylic acids is 1. The van der Waals surface area contributed by atoms with Gasteiger partial charge in [-0.25, -0.2) is 4.98 Å². The molecule has 3 heterocycles. The number of carbonyl (C=O) groups is 1. The number of piperidine rings is 1. The average Bonchev–Trinajstić information content (AvgIpc) is 3.25. The number of nitrogens with one attached hydrogen (secondary N) is 1. The van der Waals surface area contributed by atoms with E-state index in [4.69, 9.17) is 4.42 Å². The SMILES string of the molecule is N#C/C(=C/c1ccc(N2CCCCC2)o1)C(=O)Nc1nccs1. The molecule has 1 fully saturated rings. The maximum absolute atomic E-state index is 12.1. The zero-order valence-corrected chi connectivity index (χ0v) is 13.3. The third kappa shape index (κ3) is 3.79. The second kappa shape index (κ2) is 7.11. The fraction of sp³-hybridized carbons (Fsp3) is 0.312. The van der Waals surface area contributed by atoms with Crippen molar-refractivity contribution >= 4 is 34.3 Å². The summed E-state index contributed by atoms with van der Waals surface area (Å²) < 4.78 is 5.75. The van der Waals surface area contributed by atoms with Gasteiger partial charge in [0.05, 0.1) is 0 Å². The van der Waals surface area contributed by atoms with E-state index in [1.807, 2.05) is 12.1 Å². The lowest BCUT2D eigenvalue weighted by Gasteiger charge is -2.25. The predicted molar refractivity (Wildman–Crippen MR) is 89.1 cm³/mol. The molecule has 2 aromatic heterocycles. The van der Waals surface area contributed by atoms with E-state index >= 15 is 0 Å². The van der Waals surface area contributed by atoms with Crippen molar-refractivity contribution in [1.29, 1.82) is 5.26 Å². The van der Waals surface area contributed by atoms with Gasteiger partial charge >= 0.3 is 0 Å². The smallest absolute Gasteiger partial charge is 0.268 e. The van der Waals surface area contributed by atoms with Crippen LogP contribution in [-0.4, -0.2) is 24.0 Å². The van der Waals surface area contributed by atoms with Crippen molar-refractivity contribution in [2.75, 3.05) is 23.3 Å². The van der Waals surface area contributed by atoms with Crippen LogP contribution in [0.1, 0.15) is 25.0 Å². The zero-order valence-electron chi connectivity index (χ0n) is 12.5. The number of amides is 1. The first-order valence-electron chi connectivity index (χ1n) is 7.44. The summed E-state index contributed by atoms with van der Waals surface area (Å²) in [5.74, 6) is 0.795. The summed E-state index contributed by atoms with van der Waals surface area (Å²) >= 11 is 1.30. The van der Waals surface area contributed by atoms with E-state index < -0.39 is 5.91 Å². The minimum absolute atomic E-state index is 0.0141. The molecule has 0 spiro atoms. The van der Waals surface area contributed by atoms with Crippen molar-refractivity contribution in [2.24, 2.45) is 0 Å². The molecular formula is C16H16N4O2S. The van der Waals surface area contributed by atoms with Crippen LogP contribution in [0.5, 0.6) is 0 Å². The summed E-state index contributed by atoms with van der Waals surface area (Å²) in [4.78, 5) is 18.2. The fourth-order valence-corrected chi connectivity index (χ4v) is 2.97. The number of furan rings is 1. The summed E-state index contributed by atoms with van der Waals surface area (Å²) in [5.41, 5.74) is -0.0141. The minimum Gasteiger partial charge on any atom is -0.441 e. The molecule has 23 heavy (non-hydrogen) atoms. The quantitative estimate of drug-likeness (QED) is 0.688. The average molecular weight is 328 g/mol. The van der Waals surface area contributed by atoms with Crippen molar-refractivity contribution in [3.8, 4) is 6.07 Å². The highest BCUT2D eigenvalue weighted by Gasteiger charge is 2.15. The van der Waals surface area contributed by atoms with Gasteiger partial charge in [-0.15, -0.1) is 11.3 Å². The van der Waals surface area contributed by atoms with E-state index in [0.717, 1.165) is 31.8 Å². The van der Waals surface area contributed by atoms with Gasteiger partial charge in [-0.3, -0.25) is 10.1 Å². The van der Waals surface area contributed by atoms with Gasteiger partial charge in [0.25, 0.3) is 5.91 Å². The van der Waals surface area contributed by atoms with Gasteiger partial charge in [0, 0.05) is 36.8 Å². The van der Waals surface area contributed by atoms with Crippen LogP contribution in [-0.2, 0) is 4.79 Å². The molecule has 0 bridgehead atoms. The van der Waals surface area contributed by atoms with Crippen LogP contribution in [0.15, 0.2) is 33.7 Å².